The van der Waals surface area contributed by atoms with Crippen molar-refractivity contribution in [1.29, 1.82) is 0 Å². The Morgan fingerprint density at radius 1 is 1.24 bits per heavy atom. The van der Waals surface area contributed by atoms with Crippen molar-refractivity contribution in [3.8, 4) is 0 Å². The molecule has 1 aromatic carbocycles. The Balaban J connectivity index is 1.98. The zero-order chi connectivity index (χ0) is 11.8. The van der Waals surface area contributed by atoms with E-state index in [9.17, 15) is 0 Å². The minimum absolute atomic E-state index is 0.157. The summed E-state index contributed by atoms with van der Waals surface area (Å²) >= 11 is 5.04. The fourth-order valence-electron chi connectivity index (χ4n) is 1.82. The van der Waals surface area contributed by atoms with Gasteiger partial charge in [-0.1, -0.05) is 15.9 Å². The van der Waals surface area contributed by atoms with Gasteiger partial charge >= 0.3 is 0 Å². The lowest BCUT2D eigenvalue weighted by Gasteiger charge is -2.29. The summed E-state index contributed by atoms with van der Waals surface area (Å²) in [7, 11) is 0. The molecular weight excluding hydrogens is 298 g/mol. The van der Waals surface area contributed by atoms with E-state index in [1.807, 2.05) is 40.6 Å². The number of halogens is 1. The molecule has 0 radical (unpaired) electrons. The van der Waals surface area contributed by atoms with Crippen LogP contribution in [0.2, 0.25) is 0 Å². The van der Waals surface area contributed by atoms with Gasteiger partial charge < -0.3 is 10.6 Å². The molecule has 0 bridgehead atoms. The maximum atomic E-state index is 6.23. The van der Waals surface area contributed by atoms with Crippen LogP contribution in [0.15, 0.2) is 45.2 Å². The lowest BCUT2D eigenvalue weighted by Crippen LogP contribution is -2.34. The number of nitrogens with zero attached hydrogens (tertiary/aromatic N) is 2. The third-order valence-corrected chi connectivity index (χ3v) is 4.08. The highest BCUT2D eigenvalue weighted by atomic mass is 79.9. The zero-order valence-corrected chi connectivity index (χ0v) is 11.3. The summed E-state index contributed by atoms with van der Waals surface area (Å²) in [5, 5.41) is 3.03. The number of fused-ring (bicyclic) bond motifs is 1. The van der Waals surface area contributed by atoms with Crippen molar-refractivity contribution in [3.63, 3.8) is 0 Å². The van der Waals surface area contributed by atoms with Crippen LogP contribution < -0.4 is 10.6 Å². The van der Waals surface area contributed by atoms with Crippen molar-refractivity contribution in [1.82, 2.24) is 0 Å². The maximum Gasteiger partial charge on any atom is 0.124 e. The molecule has 17 heavy (non-hydrogen) atoms. The van der Waals surface area contributed by atoms with E-state index < -0.39 is 0 Å². The number of thiophene rings is 1. The summed E-state index contributed by atoms with van der Waals surface area (Å²) in [5.74, 6) is 0. The highest BCUT2D eigenvalue weighted by Crippen LogP contribution is 2.36. The van der Waals surface area contributed by atoms with Crippen LogP contribution in [0.3, 0.4) is 0 Å². The van der Waals surface area contributed by atoms with Gasteiger partial charge in [0.05, 0.1) is 6.34 Å². The van der Waals surface area contributed by atoms with E-state index in [1.165, 1.54) is 0 Å². The van der Waals surface area contributed by atoms with Crippen LogP contribution in [0.4, 0.5) is 10.7 Å². The molecule has 2 heterocycles. The van der Waals surface area contributed by atoms with Crippen molar-refractivity contribution in [2.45, 2.75) is 6.17 Å². The smallest absolute Gasteiger partial charge is 0.124 e. The number of rotatable bonds is 1. The molecule has 0 spiro atoms. The Morgan fingerprint density at radius 3 is 2.76 bits per heavy atom. The predicted octanol–water partition coefficient (Wildman–Crippen LogP) is 3.65. The van der Waals surface area contributed by atoms with E-state index in [0.29, 0.717) is 0 Å². The van der Waals surface area contributed by atoms with Gasteiger partial charge in [-0.2, -0.15) is 0 Å². The molecule has 5 heteroatoms. The van der Waals surface area contributed by atoms with Crippen molar-refractivity contribution < 1.29 is 0 Å². The molecule has 0 saturated carbocycles. The largest absolute Gasteiger partial charge is 0.312 e. The number of nitrogens with two attached hydrogens (primary N) is 1. The van der Waals surface area contributed by atoms with Gasteiger partial charge in [0.2, 0.25) is 0 Å². The maximum absolute atomic E-state index is 6.23. The van der Waals surface area contributed by atoms with Crippen molar-refractivity contribution >= 4 is 44.3 Å². The minimum Gasteiger partial charge on any atom is -0.312 e. The van der Waals surface area contributed by atoms with E-state index in [4.69, 9.17) is 5.73 Å². The molecule has 0 amide bonds. The molecular formula is C12H10BrN3S. The van der Waals surface area contributed by atoms with Crippen LogP contribution in [-0.2, 0) is 0 Å². The summed E-state index contributed by atoms with van der Waals surface area (Å²) in [4.78, 5) is 6.39. The Bertz CT molecular complexity index is 561. The summed E-state index contributed by atoms with van der Waals surface area (Å²) < 4.78 is 1.06. The Labute approximate surface area is 112 Å². The first-order chi connectivity index (χ1) is 8.25. The molecule has 3 nitrogen and oxygen atoms in total. The van der Waals surface area contributed by atoms with E-state index >= 15 is 0 Å². The molecule has 1 aliphatic heterocycles. The van der Waals surface area contributed by atoms with Gasteiger partial charge in [0.25, 0.3) is 0 Å². The number of hydrogen-bond donors (Lipinski definition) is 1. The van der Waals surface area contributed by atoms with Crippen LogP contribution in [-0.4, -0.2) is 6.34 Å². The second kappa shape index (κ2) is 4.25. The molecule has 1 atom stereocenters. The lowest BCUT2D eigenvalue weighted by molar-refractivity contribution is 0.754. The zero-order valence-electron chi connectivity index (χ0n) is 8.88. The highest BCUT2D eigenvalue weighted by molar-refractivity contribution is 9.10. The van der Waals surface area contributed by atoms with Crippen molar-refractivity contribution in [2.75, 3.05) is 4.90 Å². The van der Waals surface area contributed by atoms with Crippen LogP contribution in [0.25, 0.3) is 0 Å². The van der Waals surface area contributed by atoms with Crippen LogP contribution in [0.5, 0.6) is 0 Å². The highest BCUT2D eigenvalue weighted by Gasteiger charge is 2.22. The van der Waals surface area contributed by atoms with Crippen molar-refractivity contribution in [2.24, 2.45) is 10.7 Å². The third-order valence-electron chi connectivity index (χ3n) is 2.72. The van der Waals surface area contributed by atoms with Gasteiger partial charge in [-0.05, 0) is 35.7 Å². The molecule has 1 aromatic heterocycles. The Hall–Kier alpha value is -1.17. The van der Waals surface area contributed by atoms with E-state index in [2.05, 4.69) is 20.9 Å². The Morgan fingerprint density at radius 2 is 2.00 bits per heavy atom. The second-order valence-electron chi connectivity index (χ2n) is 3.75. The van der Waals surface area contributed by atoms with Crippen LogP contribution >= 0.6 is 27.3 Å². The van der Waals surface area contributed by atoms with Crippen LogP contribution in [0.1, 0.15) is 11.7 Å². The fraction of sp³-hybridized carbons (Fsp3) is 0.0833. The average Bonchev–Trinajstić information content (AvgIpc) is 2.80. The first-order valence-electron chi connectivity index (χ1n) is 5.17. The molecule has 0 aliphatic carbocycles. The number of benzene rings is 1. The number of aliphatic imine (C=N–C) groups is 1. The van der Waals surface area contributed by atoms with Gasteiger partial charge in [0, 0.05) is 15.7 Å². The standard InChI is InChI=1S/C12H10BrN3S/c13-8-1-3-9(4-2-8)16-7-15-12-10(11(16)14)5-6-17-12/h1-7,11H,14H2/t11-/m1/s1. The summed E-state index contributed by atoms with van der Waals surface area (Å²) in [6.45, 7) is 0. The van der Waals surface area contributed by atoms with Gasteiger partial charge in [-0.3, -0.25) is 0 Å². The van der Waals surface area contributed by atoms with Crippen LogP contribution in [0, 0.1) is 0 Å². The topological polar surface area (TPSA) is 41.6 Å². The van der Waals surface area contributed by atoms with Gasteiger partial charge in [0.1, 0.15) is 11.2 Å². The Kier molecular flexibility index (Phi) is 2.74. The second-order valence-corrected chi connectivity index (χ2v) is 5.56. The van der Waals surface area contributed by atoms with E-state index in [-0.39, 0.29) is 6.17 Å². The van der Waals surface area contributed by atoms with E-state index in [0.717, 1.165) is 20.7 Å². The first kappa shape index (κ1) is 11.0. The monoisotopic (exact) mass is 307 g/mol. The minimum atomic E-state index is -0.157. The lowest BCUT2D eigenvalue weighted by atomic mass is 10.2. The molecule has 2 aromatic rings. The molecule has 3 rings (SSSR count). The number of hydrogen-bond acceptors (Lipinski definition) is 4. The molecule has 2 N–H and O–H groups in total. The molecule has 0 saturated heterocycles. The fourth-order valence-corrected chi connectivity index (χ4v) is 2.86. The van der Waals surface area contributed by atoms with Gasteiger partial charge in [0.15, 0.2) is 0 Å². The molecule has 86 valence electrons. The van der Waals surface area contributed by atoms with E-state index in [1.54, 1.807) is 17.7 Å². The normalized spacial score (nSPS) is 18.2. The molecule has 0 unspecified atom stereocenters. The van der Waals surface area contributed by atoms with Crippen molar-refractivity contribution in [3.05, 3.63) is 45.7 Å². The average molecular weight is 308 g/mol. The number of anilines is 1. The molecule has 1 aliphatic rings. The van der Waals surface area contributed by atoms with Gasteiger partial charge in [-0.15, -0.1) is 11.3 Å². The van der Waals surface area contributed by atoms with Gasteiger partial charge in [-0.25, -0.2) is 4.99 Å². The predicted molar refractivity (Wildman–Crippen MR) is 76.0 cm³/mol. The summed E-state index contributed by atoms with van der Waals surface area (Å²) in [6, 6.07) is 10.1. The third kappa shape index (κ3) is 1.90. The molecule has 0 fully saturated rings. The SMILES string of the molecule is N[C@H]1c2ccsc2N=CN1c1ccc(Br)cc1. The first-order valence-corrected chi connectivity index (χ1v) is 6.84. The summed E-state index contributed by atoms with van der Waals surface area (Å²) in [5.41, 5.74) is 8.36. The summed E-state index contributed by atoms with van der Waals surface area (Å²) in [6.07, 6.45) is 1.64. The quantitative estimate of drug-likeness (QED) is 0.874.